The van der Waals surface area contributed by atoms with Crippen LogP contribution in [-0.4, -0.2) is 84.2 Å². The van der Waals surface area contributed by atoms with E-state index in [1.165, 1.54) is 11.3 Å². The van der Waals surface area contributed by atoms with E-state index in [0.29, 0.717) is 25.8 Å². The number of anilines is 1. The second-order valence-corrected chi connectivity index (χ2v) is 9.81. The number of hydrogen-bond donors (Lipinski definition) is 1. The van der Waals surface area contributed by atoms with Gasteiger partial charge in [-0.1, -0.05) is 0 Å². The SMILES string of the molecule is NC(=O)[C@H]1CN(Cc2cc3nc(Cl)nc(N4CCOCC4)c3s2)CC[C@H]1N1CCC1. The molecule has 2 aromatic heterocycles. The first kappa shape index (κ1) is 20.4. The van der Waals surface area contributed by atoms with E-state index >= 15 is 0 Å². The Morgan fingerprint density at radius 3 is 2.73 bits per heavy atom. The van der Waals surface area contributed by atoms with Crippen molar-refractivity contribution in [3.05, 3.63) is 16.2 Å². The molecule has 2 atom stereocenters. The van der Waals surface area contributed by atoms with E-state index in [9.17, 15) is 4.79 Å². The summed E-state index contributed by atoms with van der Waals surface area (Å²) in [5, 5.41) is 0.275. The summed E-state index contributed by atoms with van der Waals surface area (Å²) >= 11 is 7.94. The smallest absolute Gasteiger partial charge is 0.224 e. The molecule has 3 aliphatic heterocycles. The van der Waals surface area contributed by atoms with Crippen LogP contribution in [-0.2, 0) is 16.1 Å². The summed E-state index contributed by atoms with van der Waals surface area (Å²) in [4.78, 5) is 29.3. The van der Waals surface area contributed by atoms with E-state index in [-0.39, 0.29) is 17.1 Å². The summed E-state index contributed by atoms with van der Waals surface area (Å²) in [5.41, 5.74) is 6.66. The van der Waals surface area contributed by atoms with Gasteiger partial charge in [-0.15, -0.1) is 11.3 Å². The molecule has 0 aliphatic carbocycles. The Labute approximate surface area is 184 Å². The molecule has 5 rings (SSSR count). The summed E-state index contributed by atoms with van der Waals surface area (Å²) in [7, 11) is 0. The number of rotatable bonds is 5. The molecule has 3 aliphatic rings. The minimum absolute atomic E-state index is 0.105. The largest absolute Gasteiger partial charge is 0.378 e. The monoisotopic (exact) mass is 450 g/mol. The van der Waals surface area contributed by atoms with E-state index < -0.39 is 0 Å². The molecule has 10 heteroatoms. The van der Waals surface area contributed by atoms with Crippen molar-refractivity contribution in [2.45, 2.75) is 25.4 Å². The molecule has 3 fully saturated rings. The number of fused-ring (bicyclic) bond motifs is 1. The lowest BCUT2D eigenvalue weighted by molar-refractivity contribution is -0.127. The van der Waals surface area contributed by atoms with Crippen molar-refractivity contribution in [1.82, 2.24) is 19.8 Å². The van der Waals surface area contributed by atoms with Gasteiger partial charge in [0.05, 0.1) is 29.3 Å². The second-order valence-electron chi connectivity index (χ2n) is 8.33. The summed E-state index contributed by atoms with van der Waals surface area (Å²) in [5.74, 6) is 0.614. The third-order valence-electron chi connectivity index (χ3n) is 6.45. The van der Waals surface area contributed by atoms with Crippen molar-refractivity contribution in [3.8, 4) is 0 Å². The number of carbonyl (C=O) groups is 1. The van der Waals surface area contributed by atoms with Gasteiger partial charge in [0.15, 0.2) is 5.82 Å². The Balaban J connectivity index is 1.34. The highest BCUT2D eigenvalue weighted by atomic mass is 35.5. The van der Waals surface area contributed by atoms with E-state index in [4.69, 9.17) is 22.1 Å². The third kappa shape index (κ3) is 4.01. The fourth-order valence-electron chi connectivity index (χ4n) is 4.76. The van der Waals surface area contributed by atoms with Gasteiger partial charge < -0.3 is 15.4 Å². The average Bonchev–Trinajstić information content (AvgIpc) is 3.09. The molecule has 0 aromatic carbocycles. The zero-order valence-electron chi connectivity index (χ0n) is 16.9. The van der Waals surface area contributed by atoms with Crippen LogP contribution in [0.3, 0.4) is 0 Å². The molecule has 0 spiro atoms. The number of carbonyl (C=O) groups excluding carboxylic acids is 1. The van der Waals surface area contributed by atoms with Gasteiger partial charge in [-0.3, -0.25) is 14.6 Å². The predicted molar refractivity (Wildman–Crippen MR) is 118 cm³/mol. The molecule has 0 radical (unpaired) electrons. The van der Waals surface area contributed by atoms with Crippen molar-refractivity contribution in [2.24, 2.45) is 11.7 Å². The number of piperidine rings is 1. The number of nitrogens with two attached hydrogens (primary N) is 1. The van der Waals surface area contributed by atoms with Gasteiger partial charge in [-0.25, -0.2) is 4.98 Å². The first-order chi connectivity index (χ1) is 14.6. The number of morpholine rings is 1. The number of hydrogen-bond acceptors (Lipinski definition) is 8. The Kier molecular flexibility index (Phi) is 5.81. The Morgan fingerprint density at radius 1 is 1.23 bits per heavy atom. The van der Waals surface area contributed by atoms with E-state index in [2.05, 4.69) is 30.7 Å². The summed E-state index contributed by atoms with van der Waals surface area (Å²) < 4.78 is 6.54. The lowest BCUT2D eigenvalue weighted by atomic mass is 9.88. The molecule has 162 valence electrons. The van der Waals surface area contributed by atoms with Crippen molar-refractivity contribution in [2.75, 3.05) is 57.4 Å². The highest BCUT2D eigenvalue weighted by molar-refractivity contribution is 7.19. The van der Waals surface area contributed by atoms with Crippen molar-refractivity contribution in [3.63, 3.8) is 0 Å². The Hall–Kier alpha value is -1.52. The maximum Gasteiger partial charge on any atom is 0.224 e. The van der Waals surface area contributed by atoms with Crippen LogP contribution >= 0.6 is 22.9 Å². The molecule has 2 aromatic rings. The molecule has 5 heterocycles. The molecule has 1 amide bonds. The molecular weight excluding hydrogens is 424 g/mol. The molecule has 0 unspecified atom stereocenters. The van der Waals surface area contributed by atoms with Crippen LogP contribution in [0.5, 0.6) is 0 Å². The van der Waals surface area contributed by atoms with Crippen LogP contribution in [0.25, 0.3) is 10.2 Å². The van der Waals surface area contributed by atoms with Crippen LogP contribution < -0.4 is 10.6 Å². The van der Waals surface area contributed by atoms with Crippen molar-refractivity contribution >= 4 is 44.9 Å². The van der Waals surface area contributed by atoms with Crippen LogP contribution in [0.2, 0.25) is 5.28 Å². The van der Waals surface area contributed by atoms with Crippen LogP contribution in [0, 0.1) is 5.92 Å². The van der Waals surface area contributed by atoms with Gasteiger partial charge in [0, 0.05) is 43.6 Å². The normalized spacial score (nSPS) is 26.1. The van der Waals surface area contributed by atoms with Gasteiger partial charge in [0.25, 0.3) is 0 Å². The van der Waals surface area contributed by atoms with Crippen LogP contribution in [0.4, 0.5) is 5.82 Å². The number of nitrogens with zero attached hydrogens (tertiary/aromatic N) is 5. The topological polar surface area (TPSA) is 87.8 Å². The van der Waals surface area contributed by atoms with E-state index in [1.54, 1.807) is 11.3 Å². The fraction of sp³-hybridized carbons (Fsp3) is 0.650. The number of halogens is 1. The molecule has 0 bridgehead atoms. The Bertz CT molecular complexity index is 929. The first-order valence-corrected chi connectivity index (χ1v) is 11.8. The summed E-state index contributed by atoms with van der Waals surface area (Å²) in [6, 6.07) is 2.41. The number of ether oxygens (including phenoxy) is 1. The summed E-state index contributed by atoms with van der Waals surface area (Å²) in [6.07, 6.45) is 2.21. The number of amides is 1. The minimum atomic E-state index is -0.180. The number of primary amides is 1. The molecule has 30 heavy (non-hydrogen) atoms. The molecular formula is C20H27ClN6O2S. The second kappa shape index (κ2) is 8.55. The number of thiophene rings is 1. The van der Waals surface area contributed by atoms with Gasteiger partial charge in [0.2, 0.25) is 11.2 Å². The van der Waals surface area contributed by atoms with Crippen molar-refractivity contribution in [1.29, 1.82) is 0 Å². The molecule has 0 saturated carbocycles. The average molecular weight is 451 g/mol. The highest BCUT2D eigenvalue weighted by Gasteiger charge is 2.38. The molecule has 2 N–H and O–H groups in total. The lowest BCUT2D eigenvalue weighted by Crippen LogP contribution is -2.58. The molecule has 3 saturated heterocycles. The third-order valence-corrected chi connectivity index (χ3v) is 7.73. The fourth-order valence-corrected chi connectivity index (χ4v) is 6.09. The predicted octanol–water partition coefficient (Wildman–Crippen LogP) is 1.56. The maximum atomic E-state index is 12.1. The van der Waals surface area contributed by atoms with Gasteiger partial charge in [-0.05, 0) is 43.6 Å². The van der Waals surface area contributed by atoms with Gasteiger partial charge in [-0.2, -0.15) is 4.98 Å². The number of likely N-dealkylation sites (tertiary alicyclic amines) is 2. The lowest BCUT2D eigenvalue weighted by Gasteiger charge is -2.46. The highest BCUT2D eigenvalue weighted by Crippen LogP contribution is 2.35. The van der Waals surface area contributed by atoms with Crippen molar-refractivity contribution < 1.29 is 9.53 Å². The quantitative estimate of drug-likeness (QED) is 0.691. The van der Waals surface area contributed by atoms with E-state index in [0.717, 1.165) is 61.7 Å². The van der Waals surface area contributed by atoms with Crippen LogP contribution in [0.1, 0.15) is 17.7 Å². The standard InChI is InChI=1S/C20H27ClN6O2S/c21-20-23-15-10-13(30-17(15)19(24-20)27-6-8-29-9-7-27)11-25-5-2-16(26-3-1-4-26)14(12-25)18(22)28/h10,14,16H,1-9,11-12H2,(H2,22,28)/t14-,16+/m0/s1. The van der Waals surface area contributed by atoms with Crippen LogP contribution in [0.15, 0.2) is 6.07 Å². The maximum absolute atomic E-state index is 12.1. The first-order valence-electron chi connectivity index (χ1n) is 10.6. The summed E-state index contributed by atoms with van der Waals surface area (Å²) in [6.45, 7) is 7.67. The number of aromatic nitrogens is 2. The minimum Gasteiger partial charge on any atom is -0.378 e. The Morgan fingerprint density at radius 2 is 2.03 bits per heavy atom. The zero-order chi connectivity index (χ0) is 20.7. The molecule has 8 nitrogen and oxygen atoms in total. The van der Waals surface area contributed by atoms with Gasteiger partial charge >= 0.3 is 0 Å². The van der Waals surface area contributed by atoms with Gasteiger partial charge in [0.1, 0.15) is 0 Å². The zero-order valence-corrected chi connectivity index (χ0v) is 18.5. The van der Waals surface area contributed by atoms with E-state index in [1.807, 2.05) is 0 Å².